The lowest BCUT2D eigenvalue weighted by Gasteiger charge is -2.27. The van der Waals surface area contributed by atoms with E-state index in [9.17, 15) is 0 Å². The predicted octanol–water partition coefficient (Wildman–Crippen LogP) is 5.28. The molecule has 2 aliphatic carbocycles. The highest BCUT2D eigenvalue weighted by atomic mass is 14.3. The lowest BCUT2D eigenvalue weighted by Crippen LogP contribution is -2.13. The van der Waals surface area contributed by atoms with E-state index in [1.807, 2.05) is 0 Å². The van der Waals surface area contributed by atoms with Crippen molar-refractivity contribution < 1.29 is 0 Å². The molecule has 0 nitrogen and oxygen atoms in total. The Morgan fingerprint density at radius 1 is 1.18 bits per heavy atom. The van der Waals surface area contributed by atoms with Crippen LogP contribution >= 0.6 is 0 Å². The third-order valence-electron chi connectivity index (χ3n) is 4.54. The second-order valence-corrected chi connectivity index (χ2v) is 6.06. The maximum absolute atomic E-state index is 2.40. The Hall–Kier alpha value is -0.780. The highest BCUT2D eigenvalue weighted by molar-refractivity contribution is 5.40. The van der Waals surface area contributed by atoms with E-state index in [1.165, 1.54) is 32.1 Å². The first-order chi connectivity index (χ1) is 8.18. The number of hydrogen-bond acceptors (Lipinski definition) is 0. The van der Waals surface area contributed by atoms with E-state index in [-0.39, 0.29) is 0 Å². The molecular weight excluding hydrogens is 204 g/mol. The van der Waals surface area contributed by atoms with Gasteiger partial charge in [0.25, 0.3) is 0 Å². The van der Waals surface area contributed by atoms with Crippen LogP contribution < -0.4 is 0 Å². The van der Waals surface area contributed by atoms with Crippen LogP contribution in [0.1, 0.15) is 52.9 Å². The summed E-state index contributed by atoms with van der Waals surface area (Å²) in [5.74, 6) is 2.48. The molecule has 0 aromatic carbocycles. The van der Waals surface area contributed by atoms with E-state index in [0.717, 1.165) is 17.8 Å². The molecule has 0 fully saturated rings. The summed E-state index contributed by atoms with van der Waals surface area (Å²) >= 11 is 0. The van der Waals surface area contributed by atoms with Crippen molar-refractivity contribution in [3.63, 3.8) is 0 Å². The molecule has 0 N–H and O–H groups in total. The summed E-state index contributed by atoms with van der Waals surface area (Å²) in [5, 5.41) is 0. The Morgan fingerprint density at radius 2 is 2.00 bits per heavy atom. The largest absolute Gasteiger partial charge is 0.0839 e. The van der Waals surface area contributed by atoms with Gasteiger partial charge >= 0.3 is 0 Å². The van der Waals surface area contributed by atoms with Crippen LogP contribution in [0.4, 0.5) is 0 Å². The van der Waals surface area contributed by atoms with Gasteiger partial charge in [-0.05, 0) is 61.0 Å². The van der Waals surface area contributed by atoms with E-state index in [2.05, 4.69) is 45.1 Å². The van der Waals surface area contributed by atoms with Gasteiger partial charge in [0, 0.05) is 0 Å². The van der Waals surface area contributed by atoms with E-state index in [1.54, 1.807) is 11.1 Å². The van der Waals surface area contributed by atoms with E-state index in [0.29, 0.717) is 0 Å². The van der Waals surface area contributed by atoms with Crippen molar-refractivity contribution in [3.05, 3.63) is 35.5 Å². The zero-order valence-corrected chi connectivity index (χ0v) is 11.6. The SMILES string of the molecule is CC(C)C(C)CCC1CC=CC2=C1C=CCC2. The Kier molecular flexibility index (Phi) is 4.25. The fraction of sp³-hybridized carbons (Fsp3) is 0.647. The van der Waals surface area contributed by atoms with Gasteiger partial charge in [0.05, 0.1) is 0 Å². The highest BCUT2D eigenvalue weighted by Gasteiger charge is 2.20. The molecule has 94 valence electrons. The van der Waals surface area contributed by atoms with E-state index < -0.39 is 0 Å². The molecule has 0 aromatic rings. The first-order valence-electron chi connectivity index (χ1n) is 7.24. The third kappa shape index (κ3) is 3.12. The fourth-order valence-electron chi connectivity index (χ4n) is 2.85. The molecule has 0 aromatic heterocycles. The average molecular weight is 230 g/mol. The van der Waals surface area contributed by atoms with Gasteiger partial charge in [-0.3, -0.25) is 0 Å². The minimum Gasteiger partial charge on any atom is -0.0839 e. The highest BCUT2D eigenvalue weighted by Crippen LogP contribution is 2.35. The van der Waals surface area contributed by atoms with Crippen LogP contribution in [0.15, 0.2) is 35.5 Å². The first-order valence-corrected chi connectivity index (χ1v) is 7.24. The maximum Gasteiger partial charge on any atom is -0.0125 e. The number of rotatable bonds is 4. The van der Waals surface area contributed by atoms with Crippen molar-refractivity contribution in [2.75, 3.05) is 0 Å². The molecule has 17 heavy (non-hydrogen) atoms. The molecule has 0 spiro atoms. The lowest BCUT2D eigenvalue weighted by atomic mass is 9.78. The molecule has 2 unspecified atom stereocenters. The molecule has 0 bridgehead atoms. The second kappa shape index (κ2) is 5.71. The smallest absolute Gasteiger partial charge is 0.0125 e. The van der Waals surface area contributed by atoms with Gasteiger partial charge < -0.3 is 0 Å². The second-order valence-electron chi connectivity index (χ2n) is 6.06. The molecule has 0 aliphatic heterocycles. The number of hydrogen-bond donors (Lipinski definition) is 0. The van der Waals surface area contributed by atoms with E-state index in [4.69, 9.17) is 0 Å². The van der Waals surface area contributed by atoms with Crippen molar-refractivity contribution in [1.29, 1.82) is 0 Å². The molecule has 0 amide bonds. The van der Waals surface area contributed by atoms with E-state index >= 15 is 0 Å². The molecule has 0 saturated heterocycles. The summed E-state index contributed by atoms with van der Waals surface area (Å²) in [7, 11) is 0. The monoisotopic (exact) mass is 230 g/mol. The van der Waals surface area contributed by atoms with Crippen LogP contribution in [0.25, 0.3) is 0 Å². The topological polar surface area (TPSA) is 0 Å². The van der Waals surface area contributed by atoms with Gasteiger partial charge in [-0.2, -0.15) is 0 Å². The third-order valence-corrected chi connectivity index (χ3v) is 4.54. The fourth-order valence-corrected chi connectivity index (χ4v) is 2.85. The minimum absolute atomic E-state index is 0.799. The standard InChI is InChI=1S/C17H26/c1-13(2)14(3)11-12-16-9-6-8-15-7-4-5-10-17(15)16/h5-6,8,10,13-14,16H,4,7,9,11-12H2,1-3H3. The van der Waals surface area contributed by atoms with Crippen molar-refractivity contribution in [1.82, 2.24) is 0 Å². The molecule has 0 saturated carbocycles. The maximum atomic E-state index is 2.40. The van der Waals surface area contributed by atoms with Gasteiger partial charge in [0.1, 0.15) is 0 Å². The predicted molar refractivity (Wildman–Crippen MR) is 75.9 cm³/mol. The van der Waals surface area contributed by atoms with Gasteiger partial charge in [-0.15, -0.1) is 0 Å². The number of allylic oxidation sites excluding steroid dienone is 6. The Balaban J connectivity index is 1.96. The van der Waals surface area contributed by atoms with Crippen molar-refractivity contribution >= 4 is 0 Å². The summed E-state index contributed by atoms with van der Waals surface area (Å²) in [6.07, 6.45) is 16.0. The van der Waals surface area contributed by atoms with Gasteiger partial charge in [0.2, 0.25) is 0 Å². The quantitative estimate of drug-likeness (QED) is 0.616. The Bertz CT molecular complexity index is 341. The van der Waals surface area contributed by atoms with Crippen LogP contribution in [0.2, 0.25) is 0 Å². The first kappa shape index (κ1) is 12.7. The summed E-state index contributed by atoms with van der Waals surface area (Å²) in [5.41, 5.74) is 3.26. The summed E-state index contributed by atoms with van der Waals surface area (Å²) < 4.78 is 0. The minimum atomic E-state index is 0.799. The van der Waals surface area contributed by atoms with Crippen LogP contribution in [0, 0.1) is 17.8 Å². The lowest BCUT2D eigenvalue weighted by molar-refractivity contribution is 0.357. The molecule has 0 heterocycles. The molecule has 0 radical (unpaired) electrons. The van der Waals surface area contributed by atoms with Crippen LogP contribution in [-0.4, -0.2) is 0 Å². The van der Waals surface area contributed by atoms with Gasteiger partial charge in [-0.1, -0.05) is 45.1 Å². The molecular formula is C17H26. The summed E-state index contributed by atoms with van der Waals surface area (Å²) in [4.78, 5) is 0. The van der Waals surface area contributed by atoms with Crippen LogP contribution in [0.5, 0.6) is 0 Å². The Morgan fingerprint density at radius 3 is 2.76 bits per heavy atom. The molecule has 2 aliphatic rings. The average Bonchev–Trinajstić information content (AvgIpc) is 2.35. The normalized spacial score (nSPS) is 25.3. The van der Waals surface area contributed by atoms with Crippen molar-refractivity contribution in [3.8, 4) is 0 Å². The molecule has 0 heteroatoms. The molecule has 2 atom stereocenters. The zero-order valence-electron chi connectivity index (χ0n) is 11.6. The van der Waals surface area contributed by atoms with Gasteiger partial charge in [-0.25, -0.2) is 0 Å². The van der Waals surface area contributed by atoms with Crippen LogP contribution in [-0.2, 0) is 0 Å². The summed E-state index contributed by atoms with van der Waals surface area (Å²) in [6, 6.07) is 0. The molecule has 2 rings (SSSR count). The Labute approximate surface area is 106 Å². The van der Waals surface area contributed by atoms with Crippen molar-refractivity contribution in [2.24, 2.45) is 17.8 Å². The van der Waals surface area contributed by atoms with Gasteiger partial charge in [0.15, 0.2) is 0 Å². The van der Waals surface area contributed by atoms with Crippen molar-refractivity contribution in [2.45, 2.75) is 52.9 Å². The van der Waals surface area contributed by atoms with Crippen LogP contribution in [0.3, 0.4) is 0 Å². The zero-order chi connectivity index (χ0) is 12.3. The summed E-state index contributed by atoms with van der Waals surface area (Å²) in [6.45, 7) is 7.09.